The average Bonchev–Trinajstić information content (AvgIpc) is 2.92. The zero-order chi connectivity index (χ0) is 9.64. The summed E-state index contributed by atoms with van der Waals surface area (Å²) in [7, 11) is 0. The van der Waals surface area contributed by atoms with Crippen LogP contribution in [-0.2, 0) is 0 Å². The second kappa shape index (κ2) is 4.62. The summed E-state index contributed by atoms with van der Waals surface area (Å²) in [6.07, 6.45) is 1.77. The highest BCUT2D eigenvalue weighted by Crippen LogP contribution is 2.30. The van der Waals surface area contributed by atoms with Crippen molar-refractivity contribution in [2.45, 2.75) is 0 Å². The average molecular weight is 207 g/mol. The topological polar surface area (TPSA) is 31.4 Å². The fourth-order valence-corrected chi connectivity index (χ4v) is 1.37. The SMILES string of the molecule is c1ccc2c(c1)OCO2.c1cscn1. The Morgan fingerprint density at radius 2 is 1.86 bits per heavy atom. The van der Waals surface area contributed by atoms with E-state index in [1.165, 1.54) is 0 Å². The first kappa shape index (κ1) is 9.02. The van der Waals surface area contributed by atoms with Gasteiger partial charge in [0.25, 0.3) is 0 Å². The molecule has 0 saturated heterocycles. The number of fused-ring (bicyclic) bond motifs is 1. The molecule has 0 amide bonds. The summed E-state index contributed by atoms with van der Waals surface area (Å²) in [5.41, 5.74) is 1.79. The third kappa shape index (κ3) is 2.23. The van der Waals surface area contributed by atoms with Gasteiger partial charge in [-0.25, -0.2) is 0 Å². The highest BCUT2D eigenvalue weighted by Gasteiger charge is 2.09. The lowest BCUT2D eigenvalue weighted by Gasteiger charge is -1.89. The van der Waals surface area contributed by atoms with Crippen molar-refractivity contribution in [1.29, 1.82) is 0 Å². The first-order chi connectivity index (χ1) is 6.97. The molecule has 0 radical (unpaired) electrons. The summed E-state index contributed by atoms with van der Waals surface area (Å²) < 4.78 is 10.2. The molecule has 1 aromatic carbocycles. The van der Waals surface area contributed by atoms with E-state index in [4.69, 9.17) is 9.47 Å². The maximum atomic E-state index is 5.08. The highest BCUT2D eigenvalue weighted by molar-refractivity contribution is 7.07. The normalized spacial score (nSPS) is 11.7. The van der Waals surface area contributed by atoms with E-state index in [9.17, 15) is 0 Å². The van der Waals surface area contributed by atoms with E-state index in [2.05, 4.69) is 4.98 Å². The lowest BCUT2D eigenvalue weighted by atomic mass is 10.3. The maximum Gasteiger partial charge on any atom is 0.231 e. The summed E-state index contributed by atoms with van der Waals surface area (Å²) >= 11 is 1.60. The Hall–Kier alpha value is -1.55. The van der Waals surface area contributed by atoms with E-state index in [1.54, 1.807) is 23.0 Å². The molecule has 2 aromatic rings. The fraction of sp³-hybridized carbons (Fsp3) is 0.100. The van der Waals surface area contributed by atoms with Crippen LogP contribution in [0, 0.1) is 0 Å². The number of nitrogens with zero attached hydrogens (tertiary/aromatic N) is 1. The smallest absolute Gasteiger partial charge is 0.231 e. The number of para-hydroxylation sites is 2. The first-order valence-electron chi connectivity index (χ1n) is 4.13. The van der Waals surface area contributed by atoms with Crippen LogP contribution in [0.15, 0.2) is 41.4 Å². The maximum absolute atomic E-state index is 5.08. The van der Waals surface area contributed by atoms with Crippen molar-refractivity contribution in [2.75, 3.05) is 6.79 Å². The van der Waals surface area contributed by atoms with Gasteiger partial charge in [-0.15, -0.1) is 11.3 Å². The van der Waals surface area contributed by atoms with Crippen LogP contribution in [-0.4, -0.2) is 11.8 Å². The summed E-state index contributed by atoms with van der Waals surface area (Å²) in [6.45, 7) is 0.360. The van der Waals surface area contributed by atoms with Gasteiger partial charge < -0.3 is 9.47 Å². The quantitative estimate of drug-likeness (QED) is 0.665. The van der Waals surface area contributed by atoms with Crippen molar-refractivity contribution in [3.05, 3.63) is 41.4 Å². The van der Waals surface area contributed by atoms with Crippen molar-refractivity contribution in [3.8, 4) is 11.5 Å². The molecule has 14 heavy (non-hydrogen) atoms. The van der Waals surface area contributed by atoms with Gasteiger partial charge in [0, 0.05) is 11.6 Å². The number of hydrogen-bond donors (Lipinski definition) is 0. The third-order valence-corrected chi connectivity index (χ3v) is 2.15. The van der Waals surface area contributed by atoms with Crippen LogP contribution in [0.4, 0.5) is 0 Å². The molecule has 0 N–H and O–H groups in total. The molecule has 0 unspecified atom stereocenters. The molecule has 0 bridgehead atoms. The number of rotatable bonds is 0. The Balaban J connectivity index is 0.000000128. The molecule has 1 aliphatic rings. The van der Waals surface area contributed by atoms with Gasteiger partial charge in [-0.2, -0.15) is 0 Å². The molecule has 0 saturated carbocycles. The molecule has 3 nitrogen and oxygen atoms in total. The summed E-state index contributed by atoms with van der Waals surface area (Å²) in [6, 6.07) is 7.63. The minimum absolute atomic E-state index is 0.360. The van der Waals surface area contributed by atoms with E-state index in [0.717, 1.165) is 11.5 Å². The molecule has 0 spiro atoms. The van der Waals surface area contributed by atoms with Gasteiger partial charge >= 0.3 is 0 Å². The van der Waals surface area contributed by atoms with Crippen LogP contribution < -0.4 is 9.47 Å². The van der Waals surface area contributed by atoms with Crippen molar-refractivity contribution in [1.82, 2.24) is 4.98 Å². The molecule has 4 heteroatoms. The summed E-state index contributed by atoms with van der Waals surface area (Å²) in [4.78, 5) is 3.74. The van der Waals surface area contributed by atoms with Gasteiger partial charge in [-0.05, 0) is 12.1 Å². The van der Waals surface area contributed by atoms with Gasteiger partial charge in [-0.1, -0.05) is 12.1 Å². The summed E-state index contributed by atoms with van der Waals surface area (Å²) in [5.74, 6) is 1.69. The van der Waals surface area contributed by atoms with E-state index in [1.807, 2.05) is 29.6 Å². The van der Waals surface area contributed by atoms with Crippen LogP contribution in [0.2, 0.25) is 0 Å². The predicted molar refractivity (Wildman–Crippen MR) is 54.7 cm³/mol. The van der Waals surface area contributed by atoms with Crippen molar-refractivity contribution < 1.29 is 9.47 Å². The Labute approximate surface area is 85.9 Å². The number of ether oxygens (including phenoxy) is 2. The minimum Gasteiger partial charge on any atom is -0.454 e. The van der Waals surface area contributed by atoms with Gasteiger partial charge in [0.05, 0.1) is 5.51 Å². The second-order valence-corrected chi connectivity index (χ2v) is 3.28. The molecule has 0 atom stereocenters. The summed E-state index contributed by atoms with van der Waals surface area (Å²) in [5, 5.41) is 1.93. The number of thiazole rings is 1. The second-order valence-electron chi connectivity index (χ2n) is 2.53. The number of benzene rings is 1. The van der Waals surface area contributed by atoms with Crippen molar-refractivity contribution in [2.24, 2.45) is 0 Å². The number of aromatic nitrogens is 1. The van der Waals surface area contributed by atoms with Gasteiger partial charge in [0.15, 0.2) is 11.5 Å². The zero-order valence-electron chi connectivity index (χ0n) is 7.42. The molecule has 3 rings (SSSR count). The molecule has 0 aliphatic carbocycles. The molecule has 2 heterocycles. The number of hydrogen-bond acceptors (Lipinski definition) is 4. The molecular formula is C10H9NO2S. The molecule has 1 aliphatic heterocycles. The van der Waals surface area contributed by atoms with E-state index >= 15 is 0 Å². The van der Waals surface area contributed by atoms with Crippen LogP contribution >= 0.6 is 11.3 Å². The highest BCUT2D eigenvalue weighted by atomic mass is 32.1. The molecule has 1 aromatic heterocycles. The van der Waals surface area contributed by atoms with Crippen molar-refractivity contribution in [3.63, 3.8) is 0 Å². The first-order valence-corrected chi connectivity index (χ1v) is 5.08. The molecular weight excluding hydrogens is 198 g/mol. The minimum atomic E-state index is 0.360. The third-order valence-electron chi connectivity index (χ3n) is 1.63. The van der Waals surface area contributed by atoms with Crippen LogP contribution in [0.25, 0.3) is 0 Å². The van der Waals surface area contributed by atoms with Gasteiger partial charge in [-0.3, -0.25) is 4.98 Å². The van der Waals surface area contributed by atoms with E-state index < -0.39 is 0 Å². The lowest BCUT2D eigenvalue weighted by molar-refractivity contribution is 0.174. The Morgan fingerprint density at radius 3 is 2.29 bits per heavy atom. The fourth-order valence-electron chi connectivity index (χ4n) is 1.02. The standard InChI is InChI=1S/C7H6O2.C3H3NS/c1-2-4-7-6(3-1)8-5-9-7;1-2-5-3-4-1/h1-4H,5H2;1-3H. The Kier molecular flexibility index (Phi) is 2.98. The Bertz CT molecular complexity index is 335. The van der Waals surface area contributed by atoms with E-state index in [0.29, 0.717) is 6.79 Å². The van der Waals surface area contributed by atoms with Gasteiger partial charge in [0.2, 0.25) is 6.79 Å². The lowest BCUT2D eigenvalue weighted by Crippen LogP contribution is -1.92. The van der Waals surface area contributed by atoms with Crippen LogP contribution in [0.5, 0.6) is 11.5 Å². The zero-order valence-corrected chi connectivity index (χ0v) is 8.24. The largest absolute Gasteiger partial charge is 0.454 e. The Morgan fingerprint density at radius 1 is 1.14 bits per heavy atom. The predicted octanol–water partition coefficient (Wildman–Crippen LogP) is 2.56. The molecule has 72 valence electrons. The van der Waals surface area contributed by atoms with Crippen molar-refractivity contribution >= 4 is 11.3 Å². The van der Waals surface area contributed by atoms with Gasteiger partial charge in [0.1, 0.15) is 0 Å². The monoisotopic (exact) mass is 207 g/mol. The van der Waals surface area contributed by atoms with Crippen LogP contribution in [0.3, 0.4) is 0 Å². The van der Waals surface area contributed by atoms with Crippen LogP contribution in [0.1, 0.15) is 0 Å². The van der Waals surface area contributed by atoms with E-state index in [-0.39, 0.29) is 0 Å². The molecule has 0 fully saturated rings.